The summed E-state index contributed by atoms with van der Waals surface area (Å²) in [7, 11) is 1.60. The molecule has 0 aliphatic carbocycles. The molecule has 0 atom stereocenters. The first-order valence-electron chi connectivity index (χ1n) is 8.20. The molecule has 0 aromatic heterocycles. The zero-order chi connectivity index (χ0) is 19.2. The molecule has 7 heteroatoms. The fraction of sp³-hybridized carbons (Fsp3) is 0.150. The molecule has 0 unspecified atom stereocenters. The third kappa shape index (κ3) is 5.24. The third-order valence-electron chi connectivity index (χ3n) is 3.73. The summed E-state index contributed by atoms with van der Waals surface area (Å²) in [5.41, 5.74) is 2.61. The lowest BCUT2D eigenvalue weighted by atomic mass is 10.2. The lowest BCUT2D eigenvalue weighted by Crippen LogP contribution is -2.15. The number of carbonyl (C=O) groups excluding carboxylic acids is 2. The zero-order valence-corrected chi connectivity index (χ0v) is 16.5. The first-order chi connectivity index (χ1) is 13.0. The summed E-state index contributed by atoms with van der Waals surface area (Å²) in [5, 5.41) is 2.87. The van der Waals surface area contributed by atoms with Crippen LogP contribution in [-0.2, 0) is 9.59 Å². The van der Waals surface area contributed by atoms with Gasteiger partial charge in [0.15, 0.2) is 0 Å². The molecule has 2 amide bonds. The molecule has 1 aliphatic rings. The van der Waals surface area contributed by atoms with Crippen molar-refractivity contribution in [3.05, 3.63) is 64.6 Å². The lowest BCUT2D eigenvalue weighted by molar-refractivity contribution is -0.114. The maximum absolute atomic E-state index is 12.2. The molecule has 0 bridgehead atoms. The minimum atomic E-state index is -0.266. The summed E-state index contributed by atoms with van der Waals surface area (Å²) in [6.45, 7) is 1.90. The summed E-state index contributed by atoms with van der Waals surface area (Å²) in [6, 6.07) is 15.1. The number of thioether (sulfide) groups is 2. The average molecular weight is 399 g/mol. The summed E-state index contributed by atoms with van der Waals surface area (Å²) >= 11 is 2.56. The predicted molar refractivity (Wildman–Crippen MR) is 113 cm³/mol. The number of aliphatic imine (C=N–C) groups is 1. The Labute approximate surface area is 166 Å². The molecular weight excluding hydrogens is 380 g/mol. The Bertz CT molecular complexity index is 924. The highest BCUT2D eigenvalue weighted by atomic mass is 32.2. The summed E-state index contributed by atoms with van der Waals surface area (Å²) in [4.78, 5) is 28.8. The van der Waals surface area contributed by atoms with Crippen molar-refractivity contribution in [1.82, 2.24) is 0 Å². The van der Waals surface area contributed by atoms with Crippen molar-refractivity contribution in [1.29, 1.82) is 0 Å². The molecular formula is C20H18N2O3S2. The Morgan fingerprint density at radius 1 is 1.26 bits per heavy atom. The van der Waals surface area contributed by atoms with Gasteiger partial charge >= 0.3 is 0 Å². The Morgan fingerprint density at radius 3 is 2.74 bits per heavy atom. The van der Waals surface area contributed by atoms with Crippen LogP contribution < -0.4 is 10.1 Å². The fourth-order valence-corrected chi connectivity index (χ4v) is 4.17. The highest BCUT2D eigenvalue weighted by molar-refractivity contribution is 8.41. The van der Waals surface area contributed by atoms with E-state index in [1.54, 1.807) is 13.2 Å². The Hall–Kier alpha value is -2.51. The van der Waals surface area contributed by atoms with E-state index in [0.29, 0.717) is 9.28 Å². The van der Waals surface area contributed by atoms with E-state index in [9.17, 15) is 9.59 Å². The Balaban J connectivity index is 1.54. The van der Waals surface area contributed by atoms with E-state index in [4.69, 9.17) is 4.74 Å². The van der Waals surface area contributed by atoms with Gasteiger partial charge in [-0.3, -0.25) is 9.59 Å². The molecule has 2 aromatic rings. The number of nitrogens with zero attached hydrogens (tertiary/aromatic N) is 1. The number of rotatable bonds is 5. The molecule has 0 saturated carbocycles. The van der Waals surface area contributed by atoms with Gasteiger partial charge in [-0.15, -0.1) is 0 Å². The third-order valence-corrected chi connectivity index (χ3v) is 5.86. The van der Waals surface area contributed by atoms with E-state index in [0.717, 1.165) is 22.6 Å². The van der Waals surface area contributed by atoms with Crippen molar-refractivity contribution in [2.45, 2.75) is 6.92 Å². The number of benzene rings is 2. The standard InChI is InChI=1S/C20H18N2O3S2/c1-13-10-15(25-2)8-9-16(13)21-18(23)12-26-20-22-19(24)17(27-20)11-14-6-4-3-5-7-14/h3-11H,12H2,1-2H3,(H,21,23). The van der Waals surface area contributed by atoms with Crippen molar-refractivity contribution >= 4 is 51.5 Å². The van der Waals surface area contributed by atoms with Gasteiger partial charge in [-0.25, -0.2) is 0 Å². The van der Waals surface area contributed by atoms with E-state index in [1.807, 2.05) is 55.5 Å². The average Bonchev–Trinajstić information content (AvgIpc) is 3.02. The Kier molecular flexibility index (Phi) is 6.36. The number of methoxy groups -OCH3 is 1. The largest absolute Gasteiger partial charge is 0.497 e. The first-order valence-corrected chi connectivity index (χ1v) is 10.0. The second kappa shape index (κ2) is 8.92. The van der Waals surface area contributed by atoms with Crippen molar-refractivity contribution < 1.29 is 14.3 Å². The van der Waals surface area contributed by atoms with Gasteiger partial charge in [-0.05, 0) is 42.3 Å². The van der Waals surface area contributed by atoms with Crippen LogP contribution in [0.15, 0.2) is 58.4 Å². The van der Waals surface area contributed by atoms with Crippen molar-refractivity contribution in [3.8, 4) is 5.75 Å². The molecule has 0 spiro atoms. The highest BCUT2D eigenvalue weighted by Crippen LogP contribution is 2.33. The number of ether oxygens (including phenoxy) is 1. The van der Waals surface area contributed by atoms with Crippen LogP contribution in [0, 0.1) is 6.92 Å². The molecule has 1 aliphatic heterocycles. The van der Waals surface area contributed by atoms with Crippen molar-refractivity contribution in [2.75, 3.05) is 18.2 Å². The molecule has 1 heterocycles. The van der Waals surface area contributed by atoms with Gasteiger partial charge in [-0.2, -0.15) is 4.99 Å². The molecule has 0 fully saturated rings. The number of carbonyl (C=O) groups is 2. The molecule has 138 valence electrons. The summed E-state index contributed by atoms with van der Waals surface area (Å²) in [6.07, 6.45) is 1.81. The predicted octanol–water partition coefficient (Wildman–Crippen LogP) is 4.35. The van der Waals surface area contributed by atoms with Crippen LogP contribution in [0.1, 0.15) is 11.1 Å². The number of anilines is 1. The quantitative estimate of drug-likeness (QED) is 0.759. The maximum atomic E-state index is 12.2. The second-order valence-corrected chi connectivity index (χ2v) is 7.98. The van der Waals surface area contributed by atoms with E-state index < -0.39 is 0 Å². The first kappa shape index (κ1) is 19.3. The van der Waals surface area contributed by atoms with E-state index in [2.05, 4.69) is 10.3 Å². The SMILES string of the molecule is COc1ccc(NC(=O)CSC2=NC(=O)C(=Cc3ccccc3)S2)c(C)c1. The minimum absolute atomic E-state index is 0.149. The lowest BCUT2D eigenvalue weighted by Gasteiger charge is -2.09. The smallest absolute Gasteiger partial charge is 0.285 e. The van der Waals surface area contributed by atoms with Crippen LogP contribution in [0.4, 0.5) is 5.69 Å². The maximum Gasteiger partial charge on any atom is 0.285 e. The van der Waals surface area contributed by atoms with E-state index in [1.165, 1.54) is 23.5 Å². The molecule has 0 radical (unpaired) electrons. The van der Waals surface area contributed by atoms with Gasteiger partial charge < -0.3 is 10.1 Å². The molecule has 3 rings (SSSR count). The molecule has 1 N–H and O–H groups in total. The zero-order valence-electron chi connectivity index (χ0n) is 14.9. The number of aryl methyl sites for hydroxylation is 1. The van der Waals surface area contributed by atoms with Crippen molar-refractivity contribution in [2.24, 2.45) is 4.99 Å². The molecule has 5 nitrogen and oxygen atoms in total. The van der Waals surface area contributed by atoms with Crippen LogP contribution >= 0.6 is 23.5 Å². The van der Waals surface area contributed by atoms with Gasteiger partial charge in [-0.1, -0.05) is 53.9 Å². The fourth-order valence-electron chi connectivity index (χ4n) is 2.37. The van der Waals surface area contributed by atoms with Crippen LogP contribution in [0.25, 0.3) is 6.08 Å². The van der Waals surface area contributed by atoms with E-state index in [-0.39, 0.29) is 17.6 Å². The highest BCUT2D eigenvalue weighted by Gasteiger charge is 2.22. The summed E-state index contributed by atoms with van der Waals surface area (Å²) < 4.78 is 5.75. The van der Waals surface area contributed by atoms with Crippen LogP contribution in [0.5, 0.6) is 5.75 Å². The number of amides is 2. The van der Waals surface area contributed by atoms with Gasteiger partial charge in [0.2, 0.25) is 5.91 Å². The van der Waals surface area contributed by atoms with Gasteiger partial charge in [0.25, 0.3) is 5.91 Å². The topological polar surface area (TPSA) is 67.8 Å². The van der Waals surface area contributed by atoms with Crippen LogP contribution in [-0.4, -0.2) is 29.1 Å². The normalized spacial score (nSPS) is 15.0. The molecule has 2 aromatic carbocycles. The van der Waals surface area contributed by atoms with Gasteiger partial charge in [0.05, 0.1) is 17.8 Å². The monoisotopic (exact) mass is 398 g/mol. The number of nitrogens with one attached hydrogen (secondary N) is 1. The summed E-state index contributed by atoms with van der Waals surface area (Å²) in [5.74, 6) is 0.513. The number of hydrogen-bond donors (Lipinski definition) is 1. The Morgan fingerprint density at radius 2 is 2.04 bits per heavy atom. The molecule has 27 heavy (non-hydrogen) atoms. The van der Waals surface area contributed by atoms with E-state index >= 15 is 0 Å². The molecule has 0 saturated heterocycles. The second-order valence-electron chi connectivity index (χ2n) is 5.72. The van der Waals surface area contributed by atoms with Crippen molar-refractivity contribution in [3.63, 3.8) is 0 Å². The van der Waals surface area contributed by atoms with Crippen LogP contribution in [0.2, 0.25) is 0 Å². The van der Waals surface area contributed by atoms with Gasteiger partial charge in [0.1, 0.15) is 10.1 Å². The van der Waals surface area contributed by atoms with Gasteiger partial charge in [0, 0.05) is 5.69 Å². The minimum Gasteiger partial charge on any atom is -0.497 e. The number of hydrogen-bond acceptors (Lipinski definition) is 5. The van der Waals surface area contributed by atoms with Crippen LogP contribution in [0.3, 0.4) is 0 Å².